The third-order valence-corrected chi connectivity index (χ3v) is 4.42. The molecule has 0 amide bonds. The molecule has 0 saturated carbocycles. The Balaban J connectivity index is 0.00000156. The van der Waals surface area contributed by atoms with Gasteiger partial charge in [-0.2, -0.15) is 0 Å². The first-order chi connectivity index (χ1) is 10.9. The Hall–Kier alpha value is -1.19. The summed E-state index contributed by atoms with van der Waals surface area (Å²) in [5.74, 6) is 0. The van der Waals surface area contributed by atoms with Crippen LogP contribution < -0.4 is 22.2 Å². The van der Waals surface area contributed by atoms with Crippen LogP contribution in [0.25, 0.3) is 0 Å². The molecule has 1 aliphatic rings. The first-order valence-corrected chi connectivity index (χ1v) is 8.12. The summed E-state index contributed by atoms with van der Waals surface area (Å²) in [4.78, 5) is 4.45. The summed E-state index contributed by atoms with van der Waals surface area (Å²) >= 11 is 0. The monoisotopic (exact) mass is 447 g/mol. The second kappa shape index (κ2) is 8.46. The van der Waals surface area contributed by atoms with Crippen molar-refractivity contribution in [3.8, 4) is 0 Å². The van der Waals surface area contributed by atoms with Crippen LogP contribution in [0.2, 0.25) is 0 Å². The van der Waals surface area contributed by atoms with Gasteiger partial charge in [-0.05, 0) is 63.8 Å². The number of hydrogen-bond acceptors (Lipinski definition) is 2. The van der Waals surface area contributed by atoms with Crippen molar-refractivity contribution in [3.63, 3.8) is 0 Å². The molecule has 2 nitrogen and oxygen atoms in total. The second-order valence-electron chi connectivity index (χ2n) is 6.72. The van der Waals surface area contributed by atoms with Crippen LogP contribution >= 0.6 is 0 Å². The zero-order valence-corrected chi connectivity index (χ0v) is 17.9. The minimum Gasteiger partial charge on any atom is -1.00 e. The minimum atomic E-state index is 0. The smallest absolute Gasteiger partial charge is 1.00 e. The van der Waals surface area contributed by atoms with E-state index in [-0.39, 0.29) is 34.8 Å². The maximum Gasteiger partial charge on any atom is 1.00 e. The molecule has 0 saturated heterocycles. The van der Waals surface area contributed by atoms with Crippen LogP contribution in [0.5, 0.6) is 0 Å². The second-order valence-corrected chi connectivity index (χ2v) is 6.72. The Bertz CT molecular complexity index is 687. The van der Waals surface area contributed by atoms with Crippen molar-refractivity contribution in [1.29, 1.82) is 0 Å². The van der Waals surface area contributed by atoms with Crippen LogP contribution in [0, 0.1) is 48.2 Å². The molecule has 3 rings (SSSR count). The van der Waals surface area contributed by atoms with Crippen molar-refractivity contribution in [2.75, 3.05) is 9.80 Å². The van der Waals surface area contributed by atoms with Crippen LogP contribution in [0.15, 0.2) is 36.7 Å². The van der Waals surface area contributed by atoms with Crippen molar-refractivity contribution in [3.05, 3.63) is 76.7 Å². The molecule has 25 heavy (non-hydrogen) atoms. The van der Waals surface area contributed by atoms with Crippen molar-refractivity contribution >= 4 is 11.4 Å². The molecular formula is C21H25AgClN2. The molecule has 1 heterocycles. The van der Waals surface area contributed by atoms with Crippen LogP contribution in [-0.4, -0.2) is 0 Å². The molecule has 0 fully saturated rings. The molecule has 0 aromatic heterocycles. The van der Waals surface area contributed by atoms with E-state index in [1.54, 1.807) is 0 Å². The number of nitrogens with zero attached hydrogens (tertiary/aromatic N) is 2. The summed E-state index contributed by atoms with van der Waals surface area (Å²) in [5.41, 5.74) is 10.4. The molecule has 1 aliphatic heterocycles. The van der Waals surface area contributed by atoms with E-state index in [1.807, 2.05) is 0 Å². The van der Waals surface area contributed by atoms with E-state index in [1.165, 1.54) is 44.8 Å². The Kier molecular flexibility index (Phi) is 7.40. The zero-order valence-electron chi connectivity index (χ0n) is 15.6. The number of benzene rings is 2. The van der Waals surface area contributed by atoms with Gasteiger partial charge in [-0.1, -0.05) is 35.4 Å². The Labute approximate surface area is 173 Å². The Morgan fingerprint density at radius 1 is 0.560 bits per heavy atom. The maximum atomic E-state index is 2.25. The molecule has 4 heteroatoms. The molecule has 0 aliphatic carbocycles. The third-order valence-electron chi connectivity index (χ3n) is 4.42. The summed E-state index contributed by atoms with van der Waals surface area (Å²) in [6.07, 6.45) is 4.28. The van der Waals surface area contributed by atoms with Gasteiger partial charge >= 0.3 is 22.4 Å². The van der Waals surface area contributed by atoms with Crippen molar-refractivity contribution < 1.29 is 34.8 Å². The maximum absolute atomic E-state index is 2.25. The topological polar surface area (TPSA) is 6.48 Å². The normalized spacial score (nSPS) is 12.9. The van der Waals surface area contributed by atoms with Crippen molar-refractivity contribution in [2.24, 2.45) is 0 Å². The van der Waals surface area contributed by atoms with Gasteiger partial charge in [0.05, 0.1) is 0 Å². The Morgan fingerprint density at radius 3 is 1.12 bits per heavy atom. The minimum absolute atomic E-state index is 0. The quantitative estimate of drug-likeness (QED) is 0.651. The number of halogens is 1. The standard InChI is InChI=1S/C21H25N2.Ag.ClH/c1-14-9-16(3)20(17(4)10-14)22-7-8-23(13-22)21-18(5)11-15(2)12-19(21)6;;/h7-13H,1-6H3;;1H/q;+1;/p-1. The first-order valence-electron chi connectivity index (χ1n) is 8.12. The van der Waals surface area contributed by atoms with E-state index in [2.05, 4.69) is 94.7 Å². The fraction of sp³-hybridized carbons (Fsp3) is 0.286. The van der Waals surface area contributed by atoms with Gasteiger partial charge in [0.25, 0.3) is 0 Å². The van der Waals surface area contributed by atoms with E-state index < -0.39 is 0 Å². The van der Waals surface area contributed by atoms with E-state index >= 15 is 0 Å². The van der Waals surface area contributed by atoms with Gasteiger partial charge in [-0.15, -0.1) is 0 Å². The summed E-state index contributed by atoms with van der Waals surface area (Å²) in [5, 5.41) is 0. The predicted molar refractivity (Wildman–Crippen MR) is 99.7 cm³/mol. The largest absolute Gasteiger partial charge is 1.00 e. The number of hydrogen-bond donors (Lipinski definition) is 0. The fourth-order valence-corrected chi connectivity index (χ4v) is 3.78. The Morgan fingerprint density at radius 2 is 0.840 bits per heavy atom. The summed E-state index contributed by atoms with van der Waals surface area (Å²) in [6.45, 7) is 15.2. The SMILES string of the molecule is Cc1cc(C)c(N2[CH]N(c3c(C)cc(C)cc3C)C=C2)c(C)c1.[Ag+].[Cl-]. The molecule has 0 spiro atoms. The van der Waals surface area contributed by atoms with Crippen molar-refractivity contribution in [1.82, 2.24) is 0 Å². The number of rotatable bonds is 2. The summed E-state index contributed by atoms with van der Waals surface area (Å²) < 4.78 is 0. The molecule has 0 atom stereocenters. The molecular weight excluding hydrogens is 424 g/mol. The molecule has 137 valence electrons. The average Bonchev–Trinajstić information content (AvgIpc) is 2.85. The van der Waals surface area contributed by atoms with Gasteiger partial charge in [0.1, 0.15) is 0 Å². The van der Waals surface area contributed by atoms with Crippen LogP contribution in [0.3, 0.4) is 0 Å². The van der Waals surface area contributed by atoms with Gasteiger partial charge in [-0.25, -0.2) is 0 Å². The van der Waals surface area contributed by atoms with Crippen molar-refractivity contribution in [2.45, 2.75) is 41.5 Å². The number of anilines is 2. The summed E-state index contributed by atoms with van der Waals surface area (Å²) in [6, 6.07) is 8.98. The van der Waals surface area contributed by atoms with E-state index in [4.69, 9.17) is 0 Å². The van der Waals surface area contributed by atoms with Gasteiger partial charge < -0.3 is 22.2 Å². The molecule has 0 bridgehead atoms. The van der Waals surface area contributed by atoms with E-state index in [9.17, 15) is 0 Å². The molecule has 0 unspecified atom stereocenters. The molecule has 2 aromatic rings. The van der Waals surface area contributed by atoms with Gasteiger partial charge in [0.15, 0.2) is 6.67 Å². The molecule has 0 N–H and O–H groups in total. The fourth-order valence-electron chi connectivity index (χ4n) is 3.78. The first kappa shape index (κ1) is 21.9. The van der Waals surface area contributed by atoms with Gasteiger partial charge in [-0.3, -0.25) is 0 Å². The van der Waals surface area contributed by atoms with Crippen LogP contribution in [-0.2, 0) is 22.4 Å². The summed E-state index contributed by atoms with van der Waals surface area (Å²) in [7, 11) is 0. The van der Waals surface area contributed by atoms with Crippen LogP contribution in [0.4, 0.5) is 11.4 Å². The zero-order chi connectivity index (χ0) is 16.7. The van der Waals surface area contributed by atoms with Gasteiger partial charge in [0.2, 0.25) is 0 Å². The predicted octanol–water partition coefficient (Wildman–Crippen LogP) is 2.46. The van der Waals surface area contributed by atoms with Gasteiger partial charge in [0, 0.05) is 23.8 Å². The molecule has 2 aromatic carbocycles. The van der Waals surface area contributed by atoms with Crippen LogP contribution in [0.1, 0.15) is 33.4 Å². The number of aryl methyl sites for hydroxylation is 6. The third kappa shape index (κ3) is 4.32. The molecule has 1 radical (unpaired) electrons. The van der Waals surface area contributed by atoms with E-state index in [0.717, 1.165) is 0 Å². The van der Waals surface area contributed by atoms with E-state index in [0.29, 0.717) is 0 Å². The average molecular weight is 449 g/mol.